The third-order valence-electron chi connectivity index (χ3n) is 4.54. The first-order chi connectivity index (χ1) is 13.6. The third-order valence-corrected chi connectivity index (χ3v) is 4.54. The highest BCUT2D eigenvalue weighted by atomic mass is 16.2. The Hall–Kier alpha value is -3.33. The van der Waals surface area contributed by atoms with Gasteiger partial charge in [-0.15, -0.1) is 0 Å². The molecule has 0 heterocycles. The van der Waals surface area contributed by atoms with Gasteiger partial charge in [0.1, 0.15) is 0 Å². The van der Waals surface area contributed by atoms with Gasteiger partial charge in [-0.2, -0.15) is 0 Å². The van der Waals surface area contributed by atoms with E-state index in [1.54, 1.807) is 0 Å². The smallest absolute Gasteiger partial charge is 0.316 e. The van der Waals surface area contributed by atoms with Gasteiger partial charge in [0, 0.05) is 18.8 Å². The second-order valence-corrected chi connectivity index (χ2v) is 6.99. The van der Waals surface area contributed by atoms with Crippen molar-refractivity contribution < 1.29 is 4.79 Å². The molecule has 1 N–H and O–H groups in total. The largest absolute Gasteiger partial charge is 0.322 e. The molecule has 0 aliphatic heterocycles. The van der Waals surface area contributed by atoms with E-state index in [2.05, 4.69) is 30.4 Å². The van der Waals surface area contributed by atoms with Gasteiger partial charge < -0.3 is 10.2 Å². The van der Waals surface area contributed by atoms with Crippen LogP contribution in [0.4, 0.5) is 10.5 Å². The van der Waals surface area contributed by atoms with Crippen LogP contribution in [-0.2, 0) is 6.54 Å². The molecule has 3 aromatic rings. The van der Waals surface area contributed by atoms with Crippen LogP contribution < -0.4 is 5.32 Å². The van der Waals surface area contributed by atoms with Gasteiger partial charge in [-0.3, -0.25) is 0 Å². The maximum Gasteiger partial charge on any atom is 0.322 e. The van der Waals surface area contributed by atoms with Gasteiger partial charge in [0.05, 0.1) is 0 Å². The Labute approximate surface area is 167 Å². The minimum absolute atomic E-state index is 0.0982. The van der Waals surface area contributed by atoms with Crippen LogP contribution >= 0.6 is 0 Å². The summed E-state index contributed by atoms with van der Waals surface area (Å²) in [6, 6.07) is 28.0. The molecular formula is C25H26N2O. The summed E-state index contributed by atoms with van der Waals surface area (Å²) in [5, 5.41) is 3.06. The minimum Gasteiger partial charge on any atom is -0.316 e. The molecule has 0 fully saturated rings. The fourth-order valence-corrected chi connectivity index (χ4v) is 3.09. The molecule has 3 aromatic carbocycles. The Morgan fingerprint density at radius 2 is 1.50 bits per heavy atom. The molecule has 0 aliphatic carbocycles. The van der Waals surface area contributed by atoms with Gasteiger partial charge in [0.15, 0.2) is 0 Å². The van der Waals surface area contributed by atoms with E-state index >= 15 is 0 Å². The molecule has 28 heavy (non-hydrogen) atoms. The number of nitrogens with zero attached hydrogens (tertiary/aromatic N) is 1. The first-order valence-corrected chi connectivity index (χ1v) is 9.49. The lowest BCUT2D eigenvalue weighted by atomic mass is 10.1. The maximum atomic E-state index is 13.0. The zero-order valence-electron chi connectivity index (χ0n) is 16.4. The number of hydrogen-bond donors (Lipinski definition) is 1. The van der Waals surface area contributed by atoms with Gasteiger partial charge in [-0.25, -0.2) is 4.79 Å². The van der Waals surface area contributed by atoms with Crippen LogP contribution in [0.5, 0.6) is 0 Å². The molecule has 0 saturated carbocycles. The number of urea groups is 1. The molecule has 0 unspecified atom stereocenters. The van der Waals surface area contributed by atoms with Crippen molar-refractivity contribution in [3.63, 3.8) is 0 Å². The van der Waals surface area contributed by atoms with Crippen LogP contribution in [0.1, 0.15) is 23.6 Å². The zero-order chi connectivity index (χ0) is 19.8. The molecule has 0 bridgehead atoms. The number of amides is 2. The van der Waals surface area contributed by atoms with Gasteiger partial charge >= 0.3 is 6.03 Å². The first-order valence-electron chi connectivity index (χ1n) is 9.49. The van der Waals surface area contributed by atoms with E-state index in [0.29, 0.717) is 13.1 Å². The molecule has 0 saturated heterocycles. The summed E-state index contributed by atoms with van der Waals surface area (Å²) in [7, 11) is 0. The Morgan fingerprint density at radius 1 is 0.893 bits per heavy atom. The topological polar surface area (TPSA) is 32.3 Å². The lowest BCUT2D eigenvalue weighted by Crippen LogP contribution is -2.35. The minimum atomic E-state index is -0.0982. The molecule has 2 amide bonds. The number of anilines is 1. The van der Waals surface area contributed by atoms with Crippen molar-refractivity contribution in [2.75, 3.05) is 11.9 Å². The highest BCUT2D eigenvalue weighted by Crippen LogP contribution is 2.16. The van der Waals surface area contributed by atoms with Crippen molar-refractivity contribution in [1.29, 1.82) is 0 Å². The molecule has 0 aromatic heterocycles. The van der Waals surface area contributed by atoms with Crippen LogP contribution in [0.25, 0.3) is 6.08 Å². The van der Waals surface area contributed by atoms with Crippen molar-refractivity contribution in [3.8, 4) is 0 Å². The summed E-state index contributed by atoms with van der Waals surface area (Å²) in [4.78, 5) is 14.9. The van der Waals surface area contributed by atoms with Gasteiger partial charge in [-0.05, 0) is 36.6 Å². The lowest BCUT2D eigenvalue weighted by molar-refractivity contribution is 0.214. The molecule has 142 valence electrons. The van der Waals surface area contributed by atoms with Crippen LogP contribution in [0, 0.1) is 6.92 Å². The normalized spacial score (nSPS) is 11.1. The molecule has 0 aliphatic rings. The molecular weight excluding hydrogens is 344 g/mol. The molecule has 3 nitrogen and oxygen atoms in total. The van der Waals surface area contributed by atoms with Crippen LogP contribution in [0.3, 0.4) is 0 Å². The number of benzene rings is 3. The number of aryl methyl sites for hydroxylation is 1. The van der Waals surface area contributed by atoms with Crippen LogP contribution in [0.15, 0.2) is 90.5 Å². The van der Waals surface area contributed by atoms with Crippen molar-refractivity contribution >= 4 is 17.8 Å². The molecule has 0 radical (unpaired) electrons. The Morgan fingerprint density at radius 3 is 2.18 bits per heavy atom. The quantitative estimate of drug-likeness (QED) is 0.556. The fourth-order valence-electron chi connectivity index (χ4n) is 3.09. The fraction of sp³-hybridized carbons (Fsp3) is 0.160. The zero-order valence-corrected chi connectivity index (χ0v) is 16.4. The predicted octanol–water partition coefficient (Wildman–Crippen LogP) is 6.13. The summed E-state index contributed by atoms with van der Waals surface area (Å²) < 4.78 is 0. The van der Waals surface area contributed by atoms with Gasteiger partial charge in [-0.1, -0.05) is 90.5 Å². The number of hydrogen-bond acceptors (Lipinski definition) is 1. The van der Waals surface area contributed by atoms with Crippen molar-refractivity contribution in [3.05, 3.63) is 107 Å². The van der Waals surface area contributed by atoms with E-state index in [1.807, 2.05) is 84.6 Å². The van der Waals surface area contributed by atoms with E-state index in [0.717, 1.165) is 28.0 Å². The molecule has 3 rings (SSSR count). The van der Waals surface area contributed by atoms with Crippen molar-refractivity contribution in [1.82, 2.24) is 4.90 Å². The molecule has 3 heteroatoms. The summed E-state index contributed by atoms with van der Waals surface area (Å²) in [5.41, 5.74) is 5.26. The lowest BCUT2D eigenvalue weighted by Gasteiger charge is -2.24. The monoisotopic (exact) mass is 370 g/mol. The highest BCUT2D eigenvalue weighted by Gasteiger charge is 2.15. The number of carbonyl (C=O) groups excluding carboxylic acids is 1. The van der Waals surface area contributed by atoms with Crippen LogP contribution in [0.2, 0.25) is 0 Å². The van der Waals surface area contributed by atoms with E-state index in [1.165, 1.54) is 0 Å². The maximum absolute atomic E-state index is 13.0. The summed E-state index contributed by atoms with van der Waals surface area (Å²) in [6.07, 6.45) is 2.12. The second-order valence-electron chi connectivity index (χ2n) is 6.99. The van der Waals surface area contributed by atoms with Crippen molar-refractivity contribution in [2.45, 2.75) is 20.4 Å². The standard InChI is InChI=1S/C25H26N2O/c1-20(17-22-12-5-3-6-13-22)18-27(19-23-14-7-4-8-15-23)25(28)26-24-16-10-9-11-21(24)2/h3-17H,18-19H2,1-2H3,(H,26,28)/b20-17+. The predicted molar refractivity (Wildman–Crippen MR) is 117 cm³/mol. The van der Waals surface area contributed by atoms with Gasteiger partial charge in [0.25, 0.3) is 0 Å². The third kappa shape index (κ3) is 5.58. The number of nitrogens with one attached hydrogen (secondary N) is 1. The number of para-hydroxylation sites is 1. The summed E-state index contributed by atoms with van der Waals surface area (Å²) in [6.45, 7) is 5.17. The van der Waals surface area contributed by atoms with E-state index in [-0.39, 0.29) is 6.03 Å². The summed E-state index contributed by atoms with van der Waals surface area (Å²) >= 11 is 0. The van der Waals surface area contributed by atoms with E-state index in [4.69, 9.17) is 0 Å². The van der Waals surface area contributed by atoms with Crippen LogP contribution in [-0.4, -0.2) is 17.5 Å². The second kappa shape index (κ2) is 9.56. The number of carbonyl (C=O) groups is 1. The first kappa shape index (κ1) is 19.4. The van der Waals surface area contributed by atoms with Crippen molar-refractivity contribution in [2.24, 2.45) is 0 Å². The Balaban J connectivity index is 1.79. The highest BCUT2D eigenvalue weighted by molar-refractivity contribution is 5.90. The van der Waals surface area contributed by atoms with E-state index in [9.17, 15) is 4.79 Å². The Kier molecular flexibility index (Phi) is 6.64. The average molecular weight is 370 g/mol. The molecule has 0 spiro atoms. The SMILES string of the molecule is C/C(=C\c1ccccc1)CN(Cc1ccccc1)C(=O)Nc1ccccc1C. The average Bonchev–Trinajstić information content (AvgIpc) is 2.71. The van der Waals surface area contributed by atoms with E-state index < -0.39 is 0 Å². The van der Waals surface area contributed by atoms with Gasteiger partial charge in [0.2, 0.25) is 0 Å². The summed E-state index contributed by atoms with van der Waals surface area (Å²) in [5.74, 6) is 0. The molecule has 0 atom stereocenters. The Bertz CT molecular complexity index is 933. The number of rotatable bonds is 6.